The molecule has 0 aliphatic heterocycles. The van der Waals surface area contributed by atoms with E-state index in [0.717, 1.165) is 46.8 Å². The molecule has 0 saturated carbocycles. The molecule has 0 aliphatic rings. The second-order valence-electron chi connectivity index (χ2n) is 6.60. The van der Waals surface area contributed by atoms with Gasteiger partial charge in [0.15, 0.2) is 0 Å². The smallest absolute Gasteiger partial charge is 0.340 e. The van der Waals surface area contributed by atoms with E-state index in [0.29, 0.717) is 17.9 Å². The van der Waals surface area contributed by atoms with Crippen molar-refractivity contribution in [3.05, 3.63) is 41.6 Å². The first-order valence-electron chi connectivity index (χ1n) is 9.39. The van der Waals surface area contributed by atoms with Gasteiger partial charge in [-0.05, 0) is 26.3 Å². The van der Waals surface area contributed by atoms with E-state index < -0.39 is 0 Å². The molecule has 3 aromatic rings. The number of rotatable bonds is 6. The van der Waals surface area contributed by atoms with Gasteiger partial charge in [-0.1, -0.05) is 37.6 Å². The van der Waals surface area contributed by atoms with Gasteiger partial charge >= 0.3 is 11.9 Å². The Labute approximate surface area is 158 Å². The summed E-state index contributed by atoms with van der Waals surface area (Å²) in [4.78, 5) is 24.3. The summed E-state index contributed by atoms with van der Waals surface area (Å²) in [5, 5.41) is 2.57. The summed E-state index contributed by atoms with van der Waals surface area (Å²) in [7, 11) is 0. The Morgan fingerprint density at radius 3 is 2.41 bits per heavy atom. The average Bonchev–Trinajstić information content (AvgIpc) is 2.91. The number of benzene rings is 2. The third-order valence-corrected chi connectivity index (χ3v) is 4.75. The minimum Gasteiger partial charge on any atom is -0.462 e. The van der Waals surface area contributed by atoms with E-state index in [4.69, 9.17) is 9.47 Å². The molecule has 1 aromatic heterocycles. The lowest BCUT2D eigenvalue weighted by Gasteiger charge is -2.12. The van der Waals surface area contributed by atoms with Gasteiger partial charge in [-0.3, -0.25) is 4.79 Å². The maximum absolute atomic E-state index is 12.7. The standard InChI is InChI=1S/C22H25NO4/c1-5-7-12-23-14(3)20(22(25)26-6-2)18-13-19(27-15(4)24)16-10-8-9-11-17(16)21(18)23/h8-11,13H,5-7,12H2,1-4H3. The predicted molar refractivity (Wildman–Crippen MR) is 106 cm³/mol. The SMILES string of the molecule is CCCCn1c(C)c(C(=O)OCC)c2cc(OC(C)=O)c3ccccc3c21. The van der Waals surface area contributed by atoms with E-state index in [-0.39, 0.29) is 11.9 Å². The van der Waals surface area contributed by atoms with E-state index in [2.05, 4.69) is 11.5 Å². The van der Waals surface area contributed by atoms with Crippen LogP contribution < -0.4 is 4.74 Å². The fraction of sp³-hybridized carbons (Fsp3) is 0.364. The van der Waals surface area contributed by atoms with Crippen molar-refractivity contribution in [2.45, 2.75) is 47.1 Å². The third kappa shape index (κ3) is 3.42. The van der Waals surface area contributed by atoms with Gasteiger partial charge in [0.2, 0.25) is 0 Å². The van der Waals surface area contributed by atoms with Crippen molar-refractivity contribution >= 4 is 33.6 Å². The number of unbranched alkanes of at least 4 members (excludes halogenated alkanes) is 1. The Morgan fingerprint density at radius 1 is 1.07 bits per heavy atom. The van der Waals surface area contributed by atoms with E-state index in [9.17, 15) is 9.59 Å². The molecule has 27 heavy (non-hydrogen) atoms. The average molecular weight is 367 g/mol. The zero-order valence-corrected chi connectivity index (χ0v) is 16.3. The molecular formula is C22H25NO4. The Morgan fingerprint density at radius 2 is 1.78 bits per heavy atom. The molecule has 0 unspecified atom stereocenters. The number of hydrogen-bond acceptors (Lipinski definition) is 4. The van der Waals surface area contributed by atoms with E-state index in [1.165, 1.54) is 6.92 Å². The second kappa shape index (κ2) is 7.82. The molecule has 5 nitrogen and oxygen atoms in total. The summed E-state index contributed by atoms with van der Waals surface area (Å²) in [6.45, 7) is 8.39. The summed E-state index contributed by atoms with van der Waals surface area (Å²) < 4.78 is 13.0. The van der Waals surface area contributed by atoms with Gasteiger partial charge in [-0.15, -0.1) is 0 Å². The molecule has 0 saturated heterocycles. The van der Waals surface area contributed by atoms with Gasteiger partial charge in [0.25, 0.3) is 0 Å². The Kier molecular flexibility index (Phi) is 5.49. The maximum atomic E-state index is 12.7. The normalized spacial score (nSPS) is 11.1. The van der Waals surface area contributed by atoms with E-state index in [1.54, 1.807) is 13.0 Å². The zero-order chi connectivity index (χ0) is 19.6. The molecule has 0 bridgehead atoms. The van der Waals surface area contributed by atoms with Crippen LogP contribution >= 0.6 is 0 Å². The second-order valence-corrected chi connectivity index (χ2v) is 6.60. The summed E-state index contributed by atoms with van der Waals surface area (Å²) in [5.41, 5.74) is 2.40. The van der Waals surface area contributed by atoms with Crippen LogP contribution in [-0.2, 0) is 16.1 Å². The number of aromatic nitrogens is 1. The van der Waals surface area contributed by atoms with E-state index in [1.807, 2.05) is 31.2 Å². The molecule has 0 amide bonds. The molecule has 0 N–H and O–H groups in total. The Balaban J connectivity index is 2.41. The van der Waals surface area contributed by atoms with Crippen molar-refractivity contribution in [1.82, 2.24) is 4.57 Å². The van der Waals surface area contributed by atoms with Crippen molar-refractivity contribution in [3.8, 4) is 5.75 Å². The minimum absolute atomic E-state index is 0.310. The summed E-state index contributed by atoms with van der Waals surface area (Å²) in [6, 6.07) is 9.60. The van der Waals surface area contributed by atoms with Gasteiger partial charge in [0, 0.05) is 35.3 Å². The van der Waals surface area contributed by atoms with Crippen molar-refractivity contribution in [2.75, 3.05) is 6.61 Å². The highest BCUT2D eigenvalue weighted by Crippen LogP contribution is 2.38. The van der Waals surface area contributed by atoms with Crippen LogP contribution in [0.25, 0.3) is 21.7 Å². The Bertz CT molecular complexity index is 1020. The van der Waals surface area contributed by atoms with Crippen LogP contribution in [0.3, 0.4) is 0 Å². The minimum atomic E-state index is -0.390. The summed E-state index contributed by atoms with van der Waals surface area (Å²) in [5.74, 6) is -0.276. The van der Waals surface area contributed by atoms with Crippen LogP contribution in [0.1, 0.15) is 49.7 Å². The first kappa shape index (κ1) is 19.0. The largest absolute Gasteiger partial charge is 0.462 e. The fourth-order valence-electron chi connectivity index (χ4n) is 3.60. The number of ether oxygens (including phenoxy) is 2. The highest BCUT2D eigenvalue weighted by atomic mass is 16.5. The Hall–Kier alpha value is -2.82. The highest BCUT2D eigenvalue weighted by molar-refractivity contribution is 6.16. The zero-order valence-electron chi connectivity index (χ0n) is 16.3. The molecule has 0 atom stereocenters. The maximum Gasteiger partial charge on any atom is 0.340 e. The lowest BCUT2D eigenvalue weighted by atomic mass is 10.0. The molecule has 5 heteroatoms. The first-order valence-corrected chi connectivity index (χ1v) is 9.39. The quantitative estimate of drug-likeness (QED) is 0.454. The first-order chi connectivity index (χ1) is 13.0. The molecule has 3 rings (SSSR count). The highest BCUT2D eigenvalue weighted by Gasteiger charge is 2.24. The molecule has 2 aromatic carbocycles. The van der Waals surface area contributed by atoms with Gasteiger partial charge in [0.1, 0.15) is 5.75 Å². The van der Waals surface area contributed by atoms with Gasteiger partial charge < -0.3 is 14.0 Å². The monoisotopic (exact) mass is 367 g/mol. The topological polar surface area (TPSA) is 57.5 Å². The van der Waals surface area contributed by atoms with Gasteiger partial charge in [-0.2, -0.15) is 0 Å². The number of esters is 2. The predicted octanol–water partition coefficient (Wildman–Crippen LogP) is 5.01. The number of hydrogen-bond donors (Lipinski definition) is 0. The molecule has 0 radical (unpaired) electrons. The van der Waals surface area contributed by atoms with Crippen molar-refractivity contribution < 1.29 is 19.1 Å². The fourth-order valence-corrected chi connectivity index (χ4v) is 3.60. The van der Waals surface area contributed by atoms with Gasteiger partial charge in [0.05, 0.1) is 17.7 Å². The van der Waals surface area contributed by atoms with Crippen molar-refractivity contribution in [1.29, 1.82) is 0 Å². The molecule has 0 fully saturated rings. The molecule has 142 valence electrons. The lowest BCUT2D eigenvalue weighted by molar-refractivity contribution is -0.131. The summed E-state index contributed by atoms with van der Waals surface area (Å²) >= 11 is 0. The number of nitrogens with zero attached hydrogens (tertiary/aromatic N) is 1. The van der Waals surface area contributed by atoms with Crippen LogP contribution in [0.4, 0.5) is 0 Å². The van der Waals surface area contributed by atoms with Crippen LogP contribution in [-0.4, -0.2) is 23.1 Å². The summed E-state index contributed by atoms with van der Waals surface area (Å²) in [6.07, 6.45) is 2.06. The van der Waals surface area contributed by atoms with Gasteiger partial charge in [-0.25, -0.2) is 4.79 Å². The molecule has 0 aliphatic carbocycles. The van der Waals surface area contributed by atoms with Crippen LogP contribution in [0.15, 0.2) is 30.3 Å². The number of aryl methyl sites for hydroxylation is 1. The lowest BCUT2D eigenvalue weighted by Crippen LogP contribution is -2.07. The van der Waals surface area contributed by atoms with Crippen molar-refractivity contribution in [2.24, 2.45) is 0 Å². The van der Waals surface area contributed by atoms with Crippen molar-refractivity contribution in [3.63, 3.8) is 0 Å². The van der Waals surface area contributed by atoms with E-state index >= 15 is 0 Å². The number of carbonyl (C=O) groups excluding carboxylic acids is 2. The molecular weight excluding hydrogens is 342 g/mol. The number of fused-ring (bicyclic) bond motifs is 3. The van der Waals surface area contributed by atoms with Crippen LogP contribution in [0, 0.1) is 6.92 Å². The van der Waals surface area contributed by atoms with Crippen LogP contribution in [0.5, 0.6) is 5.75 Å². The molecule has 0 spiro atoms. The third-order valence-electron chi connectivity index (χ3n) is 4.75. The molecule has 1 heterocycles. The number of carbonyl (C=O) groups is 2. The van der Waals surface area contributed by atoms with Crippen LogP contribution in [0.2, 0.25) is 0 Å².